The van der Waals surface area contributed by atoms with E-state index in [2.05, 4.69) is 15.0 Å². The molecular formula is C12H13F6N3O4S. The highest BCUT2D eigenvalue weighted by atomic mass is 32.2. The van der Waals surface area contributed by atoms with Crippen LogP contribution in [0.25, 0.3) is 0 Å². The molecule has 0 N–H and O–H groups in total. The second kappa shape index (κ2) is 6.03. The summed E-state index contributed by atoms with van der Waals surface area (Å²) in [5, 5.41) is 5.68. The number of alkyl halides is 6. The fourth-order valence-corrected chi connectivity index (χ4v) is 3.72. The van der Waals surface area contributed by atoms with Crippen molar-refractivity contribution in [1.29, 1.82) is 0 Å². The van der Waals surface area contributed by atoms with E-state index < -0.39 is 55.9 Å². The van der Waals surface area contributed by atoms with E-state index in [1.807, 2.05) is 0 Å². The number of aromatic nitrogens is 2. The maximum absolute atomic E-state index is 13.1. The highest BCUT2D eigenvalue weighted by Gasteiger charge is 2.45. The van der Waals surface area contributed by atoms with Crippen molar-refractivity contribution in [1.82, 2.24) is 9.78 Å². The molecule has 0 radical (unpaired) electrons. The van der Waals surface area contributed by atoms with E-state index >= 15 is 0 Å². The van der Waals surface area contributed by atoms with Crippen LogP contribution in [0.2, 0.25) is 0 Å². The van der Waals surface area contributed by atoms with Crippen molar-refractivity contribution in [3.05, 3.63) is 11.3 Å². The molecule has 1 aromatic rings. The molecule has 0 spiro atoms. The van der Waals surface area contributed by atoms with Crippen LogP contribution in [-0.4, -0.2) is 35.2 Å². The van der Waals surface area contributed by atoms with Crippen LogP contribution in [-0.2, 0) is 33.7 Å². The number of nitrogens with zero attached hydrogens (tertiary/aromatic N) is 3. The fourth-order valence-electron chi connectivity index (χ4n) is 2.19. The molecule has 0 fully saturated rings. The van der Waals surface area contributed by atoms with E-state index in [4.69, 9.17) is 4.84 Å². The summed E-state index contributed by atoms with van der Waals surface area (Å²) in [6.45, 7) is 2.98. The van der Waals surface area contributed by atoms with Gasteiger partial charge in [-0.25, -0.2) is 13.1 Å². The molecule has 0 atom stereocenters. The van der Waals surface area contributed by atoms with Crippen molar-refractivity contribution >= 4 is 14.9 Å². The first-order valence-corrected chi connectivity index (χ1v) is 8.54. The van der Waals surface area contributed by atoms with Crippen LogP contribution in [0.15, 0.2) is 5.16 Å². The van der Waals surface area contributed by atoms with Crippen LogP contribution in [0.5, 0.6) is 5.88 Å². The third-order valence-corrected chi connectivity index (χ3v) is 4.84. The summed E-state index contributed by atoms with van der Waals surface area (Å²) in [6, 6.07) is 0. The lowest BCUT2D eigenvalue weighted by Crippen LogP contribution is -2.25. The number of sulfone groups is 1. The first kappa shape index (κ1) is 20.3. The zero-order valence-corrected chi connectivity index (χ0v) is 14.4. The molecule has 0 saturated carbocycles. The molecule has 26 heavy (non-hydrogen) atoms. The van der Waals surface area contributed by atoms with Crippen molar-refractivity contribution in [2.24, 2.45) is 12.2 Å². The SMILES string of the molecule is Cn1nc(C(F)(F)F)c(CS(=O)(=O)C2=NOC(C)(C)C2)c1OC(F)(F)F. The molecule has 2 rings (SSSR count). The smallest absolute Gasteiger partial charge is 0.389 e. The standard InChI is InChI=1S/C12H13F6N3O4S/c1-10(2)4-7(20-25-10)26(22,23)5-6-8(11(13,14)15)19-21(3)9(6)24-12(16,17)18/h4-5H2,1-3H3. The highest BCUT2D eigenvalue weighted by Crippen LogP contribution is 2.39. The Morgan fingerprint density at radius 3 is 2.23 bits per heavy atom. The van der Waals surface area contributed by atoms with Crippen LogP contribution in [0, 0.1) is 0 Å². The van der Waals surface area contributed by atoms with Gasteiger partial charge in [-0.1, -0.05) is 5.16 Å². The van der Waals surface area contributed by atoms with Gasteiger partial charge in [0.1, 0.15) is 5.60 Å². The number of aryl methyl sites for hydroxylation is 1. The van der Waals surface area contributed by atoms with Crippen molar-refractivity contribution in [3.63, 3.8) is 0 Å². The minimum Gasteiger partial charge on any atom is -0.389 e. The minimum atomic E-state index is -5.34. The zero-order valence-electron chi connectivity index (χ0n) is 13.6. The van der Waals surface area contributed by atoms with Gasteiger partial charge in [0.15, 0.2) is 20.6 Å². The van der Waals surface area contributed by atoms with Gasteiger partial charge >= 0.3 is 12.5 Å². The molecule has 0 amide bonds. The van der Waals surface area contributed by atoms with Gasteiger partial charge in [0.05, 0.1) is 11.3 Å². The molecule has 0 aliphatic carbocycles. The first-order valence-electron chi connectivity index (χ1n) is 6.88. The van der Waals surface area contributed by atoms with Crippen LogP contribution < -0.4 is 4.74 Å². The maximum atomic E-state index is 13.1. The third-order valence-electron chi connectivity index (χ3n) is 3.23. The van der Waals surface area contributed by atoms with Crippen molar-refractivity contribution in [2.45, 2.75) is 44.2 Å². The van der Waals surface area contributed by atoms with Crippen LogP contribution in [0.3, 0.4) is 0 Å². The summed E-state index contributed by atoms with van der Waals surface area (Å²) < 4.78 is 105. The molecule has 1 aliphatic rings. The van der Waals surface area contributed by atoms with E-state index in [1.54, 1.807) is 0 Å². The molecule has 14 heteroatoms. The monoisotopic (exact) mass is 409 g/mol. The van der Waals surface area contributed by atoms with Crippen molar-refractivity contribution in [2.75, 3.05) is 0 Å². The van der Waals surface area contributed by atoms with Gasteiger partial charge in [-0.15, -0.1) is 13.2 Å². The largest absolute Gasteiger partial charge is 0.574 e. The summed E-state index contributed by atoms with van der Waals surface area (Å²) in [4.78, 5) is 4.85. The van der Waals surface area contributed by atoms with Gasteiger partial charge in [0.2, 0.25) is 5.88 Å². The molecule has 2 heterocycles. The van der Waals surface area contributed by atoms with E-state index in [0.717, 1.165) is 7.05 Å². The van der Waals surface area contributed by atoms with Crippen LogP contribution in [0.1, 0.15) is 31.5 Å². The van der Waals surface area contributed by atoms with E-state index in [9.17, 15) is 34.8 Å². The Hall–Kier alpha value is -1.99. The number of hydrogen-bond acceptors (Lipinski definition) is 6. The molecule has 7 nitrogen and oxygen atoms in total. The van der Waals surface area contributed by atoms with E-state index in [1.165, 1.54) is 13.8 Å². The lowest BCUT2D eigenvalue weighted by atomic mass is 10.1. The molecule has 0 bridgehead atoms. The summed E-state index contributed by atoms with van der Waals surface area (Å²) in [5.41, 5.74) is -4.05. The number of rotatable bonds is 3. The third kappa shape index (κ3) is 4.40. The predicted molar refractivity (Wildman–Crippen MR) is 74.7 cm³/mol. The Balaban J connectivity index is 2.50. The summed E-state index contributed by atoms with van der Waals surface area (Å²) in [7, 11) is -3.74. The maximum Gasteiger partial charge on any atom is 0.574 e. The fraction of sp³-hybridized carbons (Fsp3) is 0.667. The normalized spacial score (nSPS) is 17.8. The van der Waals surface area contributed by atoms with Crippen LogP contribution in [0.4, 0.5) is 26.3 Å². The predicted octanol–water partition coefficient (Wildman–Crippen LogP) is 2.76. The minimum absolute atomic E-state index is 0.179. The van der Waals surface area contributed by atoms with Gasteiger partial charge in [-0.2, -0.15) is 18.3 Å². The summed E-state index contributed by atoms with van der Waals surface area (Å²) in [5.74, 6) is -2.80. The van der Waals surface area contributed by atoms with Gasteiger partial charge in [-0.3, -0.25) is 0 Å². The topological polar surface area (TPSA) is 82.8 Å². The molecule has 148 valence electrons. The molecule has 0 saturated heterocycles. The number of ether oxygens (including phenoxy) is 1. The van der Waals surface area contributed by atoms with Gasteiger partial charge < -0.3 is 9.57 Å². The molecule has 0 unspecified atom stereocenters. The van der Waals surface area contributed by atoms with Gasteiger partial charge in [0, 0.05) is 13.5 Å². The lowest BCUT2D eigenvalue weighted by molar-refractivity contribution is -0.277. The molecule has 1 aromatic heterocycles. The Kier molecular flexibility index (Phi) is 4.71. The zero-order chi connectivity index (χ0) is 20.1. The Morgan fingerprint density at radius 2 is 1.81 bits per heavy atom. The van der Waals surface area contributed by atoms with Gasteiger partial charge in [-0.05, 0) is 13.8 Å². The molecule has 1 aliphatic heterocycles. The average Bonchev–Trinajstić information content (AvgIpc) is 2.91. The quantitative estimate of drug-likeness (QED) is 0.717. The number of hydrogen-bond donors (Lipinski definition) is 0. The average molecular weight is 409 g/mol. The van der Waals surface area contributed by atoms with Crippen molar-refractivity contribution in [3.8, 4) is 5.88 Å². The first-order chi connectivity index (χ1) is 11.5. The number of oxime groups is 1. The molecular weight excluding hydrogens is 396 g/mol. The second-order valence-corrected chi connectivity index (χ2v) is 8.06. The Labute approximate surface area is 143 Å². The molecule has 0 aromatic carbocycles. The van der Waals surface area contributed by atoms with E-state index in [0.29, 0.717) is 0 Å². The summed E-state index contributed by atoms with van der Waals surface area (Å²) >= 11 is 0. The Bertz CT molecular complexity index is 838. The Morgan fingerprint density at radius 1 is 1.23 bits per heavy atom. The lowest BCUT2D eigenvalue weighted by Gasteiger charge is -2.14. The number of halogens is 6. The highest BCUT2D eigenvalue weighted by molar-refractivity contribution is 8.05. The summed E-state index contributed by atoms with van der Waals surface area (Å²) in [6.07, 6.45) is -10.8. The van der Waals surface area contributed by atoms with Crippen LogP contribution >= 0.6 is 0 Å². The van der Waals surface area contributed by atoms with Gasteiger partial charge in [0.25, 0.3) is 0 Å². The van der Waals surface area contributed by atoms with E-state index in [-0.39, 0.29) is 11.1 Å². The second-order valence-electron chi connectivity index (χ2n) is 6.07. The van der Waals surface area contributed by atoms with Crippen molar-refractivity contribution < 1.29 is 44.3 Å².